The Labute approximate surface area is 285 Å². The highest BCUT2D eigenvalue weighted by atomic mass is 16.5. The van der Waals surface area contributed by atoms with Crippen LogP contribution in [0.5, 0.6) is 0 Å². The van der Waals surface area contributed by atoms with E-state index in [9.17, 15) is 28.8 Å². The quantitative estimate of drug-likeness (QED) is 0.101. The van der Waals surface area contributed by atoms with E-state index in [0.29, 0.717) is 50.8 Å². The monoisotopic (exact) mass is 675 g/mol. The number of nitrogens with zero attached hydrogens (tertiary/aromatic N) is 1. The second-order valence-corrected chi connectivity index (χ2v) is 12.5. The summed E-state index contributed by atoms with van der Waals surface area (Å²) in [6.45, 7) is 6.56. The molecule has 0 radical (unpaired) electrons. The Kier molecular flexibility index (Phi) is 21.6. The number of unbranched alkanes of at least 4 members (excludes halogenated alkanes) is 2. The fourth-order valence-corrected chi connectivity index (χ4v) is 5.22. The van der Waals surface area contributed by atoms with Crippen molar-refractivity contribution in [2.24, 2.45) is 23.3 Å². The number of primary amides is 1. The molecule has 0 heterocycles. The van der Waals surface area contributed by atoms with Crippen molar-refractivity contribution < 1.29 is 38.2 Å². The molecular weight excluding hydrogens is 618 g/mol. The van der Waals surface area contributed by atoms with Crippen LogP contribution >= 0.6 is 0 Å². The number of nitrogens with two attached hydrogens (primary N) is 2. The first-order chi connectivity index (χ1) is 22.8. The van der Waals surface area contributed by atoms with Crippen LogP contribution in [0, 0.1) is 18.8 Å². The van der Waals surface area contributed by atoms with Gasteiger partial charge in [0.2, 0.25) is 11.8 Å². The number of hydrogen-bond donors (Lipinski definition) is 4. The van der Waals surface area contributed by atoms with Crippen LogP contribution in [-0.2, 0) is 33.4 Å². The van der Waals surface area contributed by atoms with Crippen molar-refractivity contribution in [3.63, 3.8) is 0 Å². The lowest BCUT2D eigenvalue weighted by Crippen LogP contribution is -2.48. The molecule has 0 spiro atoms. The van der Waals surface area contributed by atoms with Crippen molar-refractivity contribution in [1.82, 2.24) is 10.2 Å². The highest BCUT2D eigenvalue weighted by Gasteiger charge is 2.33. The standard InChI is InChI=1S/C35H57N5O8/c1-25(2)33(31(43)22-27(10-8-18-38-35(37)46)34(45)39-28-16-14-26(3)15-17-28)40(4)32(44)24-48-21-20-47-19-9-13-29(41)11-6-5-7-12-30(42)23-36/h14-17,25,27,33H,5-13,18-24,36H2,1-4H3,(H,39,45)(H3,37,38,46)/t27-,33+/m1/s1. The normalized spacial score (nSPS) is 12.3. The van der Waals surface area contributed by atoms with E-state index >= 15 is 0 Å². The lowest BCUT2D eigenvalue weighted by Gasteiger charge is -2.31. The van der Waals surface area contributed by atoms with Gasteiger partial charge in [-0.1, -0.05) is 38.0 Å². The average molecular weight is 676 g/mol. The molecule has 13 nitrogen and oxygen atoms in total. The van der Waals surface area contributed by atoms with Gasteiger partial charge < -0.3 is 36.5 Å². The number of aryl methyl sites for hydroxylation is 1. The molecule has 1 rings (SSSR count). The fourth-order valence-electron chi connectivity index (χ4n) is 5.22. The van der Waals surface area contributed by atoms with Crippen molar-refractivity contribution >= 4 is 40.9 Å². The summed E-state index contributed by atoms with van der Waals surface area (Å²) in [5.74, 6) is -1.61. The van der Waals surface area contributed by atoms with Crippen LogP contribution in [0.3, 0.4) is 0 Å². The number of anilines is 1. The van der Waals surface area contributed by atoms with Crippen molar-refractivity contribution in [3.8, 4) is 0 Å². The molecule has 270 valence electrons. The lowest BCUT2D eigenvalue weighted by atomic mass is 9.88. The maximum absolute atomic E-state index is 13.6. The molecule has 13 heteroatoms. The Morgan fingerprint density at radius 3 is 2.08 bits per heavy atom. The minimum Gasteiger partial charge on any atom is -0.379 e. The first-order valence-electron chi connectivity index (χ1n) is 16.9. The minimum absolute atomic E-state index is 0.0415. The number of rotatable bonds is 27. The van der Waals surface area contributed by atoms with Gasteiger partial charge in [-0.3, -0.25) is 24.0 Å². The molecule has 0 aromatic heterocycles. The second kappa shape index (κ2) is 24.5. The van der Waals surface area contributed by atoms with Crippen LogP contribution in [0.1, 0.15) is 83.6 Å². The molecular formula is C35H57N5O8. The largest absolute Gasteiger partial charge is 0.379 e. The molecule has 0 aliphatic rings. The van der Waals surface area contributed by atoms with Crippen LogP contribution in [0.15, 0.2) is 24.3 Å². The molecule has 1 aromatic carbocycles. The molecule has 0 saturated carbocycles. The number of likely N-dealkylation sites (N-methyl/N-ethyl adjacent to an activating group) is 1. The van der Waals surface area contributed by atoms with E-state index in [2.05, 4.69) is 10.6 Å². The number of hydrogen-bond acceptors (Lipinski definition) is 9. The van der Waals surface area contributed by atoms with Gasteiger partial charge in [-0.15, -0.1) is 0 Å². The number of carbonyl (C=O) groups is 6. The maximum Gasteiger partial charge on any atom is 0.312 e. The molecule has 0 bridgehead atoms. The summed E-state index contributed by atoms with van der Waals surface area (Å²) >= 11 is 0. The summed E-state index contributed by atoms with van der Waals surface area (Å²) in [4.78, 5) is 75.4. The zero-order valence-electron chi connectivity index (χ0n) is 29.2. The summed E-state index contributed by atoms with van der Waals surface area (Å²) < 4.78 is 11.0. The second-order valence-electron chi connectivity index (χ2n) is 12.5. The molecule has 0 saturated heterocycles. The van der Waals surface area contributed by atoms with Crippen molar-refractivity contribution in [1.29, 1.82) is 0 Å². The van der Waals surface area contributed by atoms with Gasteiger partial charge in [-0.2, -0.15) is 0 Å². The van der Waals surface area contributed by atoms with Gasteiger partial charge in [-0.25, -0.2) is 4.79 Å². The van der Waals surface area contributed by atoms with E-state index in [-0.39, 0.29) is 74.4 Å². The Morgan fingerprint density at radius 1 is 0.833 bits per heavy atom. The Balaban J connectivity index is 2.50. The molecule has 0 fully saturated rings. The van der Waals surface area contributed by atoms with Gasteiger partial charge in [0.25, 0.3) is 0 Å². The Hall–Kier alpha value is -3.68. The molecule has 1 aromatic rings. The van der Waals surface area contributed by atoms with Gasteiger partial charge in [0.1, 0.15) is 18.2 Å². The van der Waals surface area contributed by atoms with Crippen molar-refractivity contribution in [3.05, 3.63) is 29.8 Å². The fraction of sp³-hybridized carbons (Fsp3) is 0.657. The smallest absolute Gasteiger partial charge is 0.312 e. The molecule has 0 unspecified atom stereocenters. The summed E-state index contributed by atoms with van der Waals surface area (Å²) in [6, 6.07) is 5.91. The van der Waals surface area contributed by atoms with E-state index in [1.54, 1.807) is 19.2 Å². The topological polar surface area (TPSA) is 200 Å². The third kappa shape index (κ3) is 18.6. The number of amides is 4. The van der Waals surface area contributed by atoms with E-state index < -0.39 is 18.0 Å². The van der Waals surface area contributed by atoms with Crippen LogP contribution in [0.2, 0.25) is 0 Å². The highest BCUT2D eigenvalue weighted by Crippen LogP contribution is 2.21. The van der Waals surface area contributed by atoms with Crippen molar-refractivity contribution in [2.75, 3.05) is 51.9 Å². The van der Waals surface area contributed by atoms with Crippen LogP contribution in [0.25, 0.3) is 0 Å². The third-order valence-electron chi connectivity index (χ3n) is 7.92. The predicted octanol–water partition coefficient (Wildman–Crippen LogP) is 3.30. The van der Waals surface area contributed by atoms with Crippen LogP contribution in [0.4, 0.5) is 10.5 Å². The first-order valence-corrected chi connectivity index (χ1v) is 16.9. The highest BCUT2D eigenvalue weighted by molar-refractivity contribution is 5.97. The first kappa shape index (κ1) is 42.3. The van der Waals surface area contributed by atoms with E-state index in [4.69, 9.17) is 20.9 Å². The Morgan fingerprint density at radius 2 is 1.46 bits per heavy atom. The number of benzene rings is 1. The van der Waals surface area contributed by atoms with Gasteiger partial charge in [0, 0.05) is 57.5 Å². The molecule has 6 N–H and O–H groups in total. The third-order valence-corrected chi connectivity index (χ3v) is 7.92. The lowest BCUT2D eigenvalue weighted by molar-refractivity contribution is -0.144. The molecule has 2 atom stereocenters. The van der Waals surface area contributed by atoms with Gasteiger partial charge in [0.05, 0.1) is 25.8 Å². The number of Topliss-reactive ketones (excluding diaryl/α,β-unsaturated/α-hetero) is 3. The zero-order valence-corrected chi connectivity index (χ0v) is 29.2. The number of carbonyl (C=O) groups excluding carboxylic acids is 6. The van der Waals surface area contributed by atoms with Crippen LogP contribution < -0.4 is 22.1 Å². The summed E-state index contributed by atoms with van der Waals surface area (Å²) in [7, 11) is 1.56. The Bertz CT molecular complexity index is 1160. The van der Waals surface area contributed by atoms with Crippen molar-refractivity contribution in [2.45, 2.75) is 91.0 Å². The van der Waals surface area contributed by atoms with Crippen LogP contribution in [-0.4, -0.2) is 92.7 Å². The predicted molar refractivity (Wildman–Crippen MR) is 184 cm³/mol. The average Bonchev–Trinajstić information content (AvgIpc) is 3.03. The minimum atomic E-state index is -0.762. The summed E-state index contributed by atoms with van der Waals surface area (Å²) in [6.07, 6.45) is 5.02. The maximum atomic E-state index is 13.6. The van der Waals surface area contributed by atoms with Gasteiger partial charge in [0.15, 0.2) is 5.78 Å². The number of ether oxygens (including phenoxy) is 2. The summed E-state index contributed by atoms with van der Waals surface area (Å²) in [5.41, 5.74) is 12.1. The molecule has 4 amide bonds. The van der Waals surface area contributed by atoms with Gasteiger partial charge in [-0.05, 0) is 57.1 Å². The van der Waals surface area contributed by atoms with Gasteiger partial charge >= 0.3 is 6.03 Å². The molecule has 0 aliphatic carbocycles. The molecule has 0 aliphatic heterocycles. The zero-order chi connectivity index (χ0) is 35.9. The SMILES string of the molecule is Cc1ccc(NC(=O)[C@H](CCCNC(N)=O)CC(=O)[C@H](C(C)C)N(C)C(=O)COCCOCCCC(=O)CCCCCC(=O)CN)cc1. The number of ketones is 3. The van der Waals surface area contributed by atoms with E-state index in [1.807, 2.05) is 32.9 Å². The van der Waals surface area contributed by atoms with E-state index in [1.165, 1.54) is 4.90 Å². The molecule has 48 heavy (non-hydrogen) atoms. The summed E-state index contributed by atoms with van der Waals surface area (Å²) in [5, 5.41) is 5.38. The van der Waals surface area contributed by atoms with E-state index in [0.717, 1.165) is 24.8 Å². The number of nitrogens with one attached hydrogen (secondary N) is 2. The number of urea groups is 1.